The van der Waals surface area contributed by atoms with Gasteiger partial charge in [0.15, 0.2) is 0 Å². The van der Waals surface area contributed by atoms with Gasteiger partial charge in [-0.1, -0.05) is 37.6 Å². The number of aromatic nitrogens is 2. The molecule has 0 aliphatic rings. The topological polar surface area (TPSA) is 60.9 Å². The molecule has 0 spiro atoms. The molecule has 118 valence electrons. The molecule has 2 aromatic rings. The van der Waals surface area contributed by atoms with E-state index in [0.717, 1.165) is 22.4 Å². The first-order valence-corrected chi connectivity index (χ1v) is 7.79. The predicted octanol–water partition coefficient (Wildman–Crippen LogP) is 3.05. The van der Waals surface area contributed by atoms with Gasteiger partial charge in [-0.3, -0.25) is 4.79 Å². The molecule has 0 aliphatic carbocycles. The van der Waals surface area contributed by atoms with Gasteiger partial charge in [-0.15, -0.1) is 0 Å². The van der Waals surface area contributed by atoms with Crippen molar-refractivity contribution < 1.29 is 0 Å². The molecule has 22 heavy (non-hydrogen) atoms. The molecular formula is C18H25N3O. The molecule has 2 rings (SSSR count). The molecule has 1 heterocycles. The van der Waals surface area contributed by atoms with Crippen molar-refractivity contribution in [2.45, 2.75) is 53.1 Å². The Balaban J connectivity index is 2.62. The SMILES string of the molecule is CCn1nc(C(C)C)cc(C(N)c2cc(C)ccc2C)c1=O. The first-order valence-electron chi connectivity index (χ1n) is 7.79. The van der Waals surface area contributed by atoms with E-state index in [0.29, 0.717) is 12.1 Å². The van der Waals surface area contributed by atoms with Gasteiger partial charge < -0.3 is 5.73 Å². The van der Waals surface area contributed by atoms with Crippen molar-refractivity contribution in [2.75, 3.05) is 0 Å². The zero-order valence-electron chi connectivity index (χ0n) is 14.1. The van der Waals surface area contributed by atoms with Crippen molar-refractivity contribution >= 4 is 0 Å². The van der Waals surface area contributed by atoms with Gasteiger partial charge in [-0.05, 0) is 43.9 Å². The molecule has 1 aromatic heterocycles. The molecule has 0 radical (unpaired) electrons. The molecule has 0 aliphatic heterocycles. The molecule has 0 saturated carbocycles. The van der Waals surface area contributed by atoms with Gasteiger partial charge in [0.1, 0.15) is 0 Å². The normalized spacial score (nSPS) is 12.7. The summed E-state index contributed by atoms with van der Waals surface area (Å²) in [6.45, 7) is 10.7. The Labute approximate surface area is 132 Å². The van der Waals surface area contributed by atoms with Crippen molar-refractivity contribution in [2.24, 2.45) is 5.73 Å². The number of benzene rings is 1. The van der Waals surface area contributed by atoms with Crippen LogP contribution in [0.3, 0.4) is 0 Å². The minimum absolute atomic E-state index is 0.0969. The van der Waals surface area contributed by atoms with Crippen LogP contribution in [-0.2, 0) is 6.54 Å². The number of aryl methyl sites for hydroxylation is 3. The standard InChI is InChI=1S/C18H25N3O/c1-6-21-18(22)15(10-16(20-21)11(2)3)17(19)14-9-12(4)7-8-13(14)5/h7-11,17H,6,19H2,1-5H3. The quantitative estimate of drug-likeness (QED) is 0.944. The van der Waals surface area contributed by atoms with Gasteiger partial charge in [0, 0.05) is 12.1 Å². The minimum atomic E-state index is -0.425. The van der Waals surface area contributed by atoms with Crippen LogP contribution < -0.4 is 11.3 Å². The minimum Gasteiger partial charge on any atom is -0.320 e. The number of nitrogens with zero attached hydrogens (tertiary/aromatic N) is 2. The molecule has 0 amide bonds. The van der Waals surface area contributed by atoms with E-state index in [-0.39, 0.29) is 11.5 Å². The van der Waals surface area contributed by atoms with Crippen LogP contribution >= 0.6 is 0 Å². The lowest BCUT2D eigenvalue weighted by Crippen LogP contribution is -2.31. The van der Waals surface area contributed by atoms with Gasteiger partial charge in [0.05, 0.1) is 11.7 Å². The van der Waals surface area contributed by atoms with E-state index in [4.69, 9.17) is 5.73 Å². The van der Waals surface area contributed by atoms with E-state index in [1.165, 1.54) is 4.68 Å². The Morgan fingerprint density at radius 1 is 1.18 bits per heavy atom. The van der Waals surface area contributed by atoms with E-state index in [1.807, 2.05) is 32.9 Å². The first kappa shape index (κ1) is 16.4. The fourth-order valence-corrected chi connectivity index (χ4v) is 2.57. The van der Waals surface area contributed by atoms with Crippen molar-refractivity contribution in [3.05, 3.63) is 62.6 Å². The highest BCUT2D eigenvalue weighted by Crippen LogP contribution is 2.23. The van der Waals surface area contributed by atoms with E-state index in [2.05, 4.69) is 31.1 Å². The van der Waals surface area contributed by atoms with Crippen molar-refractivity contribution in [1.29, 1.82) is 0 Å². The van der Waals surface area contributed by atoms with Crippen LogP contribution in [0.15, 0.2) is 29.1 Å². The Kier molecular flexibility index (Phi) is 4.81. The summed E-state index contributed by atoms with van der Waals surface area (Å²) in [4.78, 5) is 12.6. The summed E-state index contributed by atoms with van der Waals surface area (Å²) in [5.41, 5.74) is 11.1. The highest BCUT2D eigenvalue weighted by molar-refractivity contribution is 5.38. The highest BCUT2D eigenvalue weighted by Gasteiger charge is 2.19. The maximum Gasteiger partial charge on any atom is 0.271 e. The van der Waals surface area contributed by atoms with E-state index in [9.17, 15) is 4.79 Å². The molecule has 0 saturated heterocycles. The van der Waals surface area contributed by atoms with Crippen LogP contribution in [0.2, 0.25) is 0 Å². The molecular weight excluding hydrogens is 274 g/mol. The Morgan fingerprint density at radius 2 is 1.86 bits per heavy atom. The second kappa shape index (κ2) is 6.44. The lowest BCUT2D eigenvalue weighted by atomic mass is 9.94. The van der Waals surface area contributed by atoms with E-state index < -0.39 is 6.04 Å². The molecule has 0 bridgehead atoms. The van der Waals surface area contributed by atoms with Crippen molar-refractivity contribution in [3.8, 4) is 0 Å². The lowest BCUT2D eigenvalue weighted by molar-refractivity contribution is 0.572. The fraction of sp³-hybridized carbons (Fsp3) is 0.444. The van der Waals surface area contributed by atoms with Crippen LogP contribution in [0.4, 0.5) is 0 Å². The zero-order valence-corrected chi connectivity index (χ0v) is 14.1. The molecule has 1 unspecified atom stereocenters. The Bertz CT molecular complexity index is 732. The summed E-state index contributed by atoms with van der Waals surface area (Å²) >= 11 is 0. The summed E-state index contributed by atoms with van der Waals surface area (Å²) in [6.07, 6.45) is 0. The van der Waals surface area contributed by atoms with Crippen LogP contribution in [0.5, 0.6) is 0 Å². The van der Waals surface area contributed by atoms with Gasteiger partial charge in [0.25, 0.3) is 5.56 Å². The summed E-state index contributed by atoms with van der Waals surface area (Å²) in [5.74, 6) is 0.253. The molecule has 0 fully saturated rings. The Morgan fingerprint density at radius 3 is 2.45 bits per heavy atom. The van der Waals surface area contributed by atoms with Crippen molar-refractivity contribution in [1.82, 2.24) is 9.78 Å². The summed E-state index contributed by atoms with van der Waals surface area (Å²) in [6, 6.07) is 7.61. The van der Waals surface area contributed by atoms with Gasteiger partial charge >= 0.3 is 0 Å². The first-order chi connectivity index (χ1) is 10.3. The largest absolute Gasteiger partial charge is 0.320 e. The van der Waals surface area contributed by atoms with Crippen molar-refractivity contribution in [3.63, 3.8) is 0 Å². The smallest absolute Gasteiger partial charge is 0.271 e. The van der Waals surface area contributed by atoms with Crippen LogP contribution in [0.1, 0.15) is 60.7 Å². The molecule has 1 atom stereocenters. The number of hydrogen-bond donors (Lipinski definition) is 1. The maximum absolute atomic E-state index is 12.6. The second-order valence-electron chi connectivity index (χ2n) is 6.14. The number of rotatable bonds is 4. The lowest BCUT2D eigenvalue weighted by Gasteiger charge is -2.18. The van der Waals surface area contributed by atoms with Crippen LogP contribution in [-0.4, -0.2) is 9.78 Å². The summed E-state index contributed by atoms with van der Waals surface area (Å²) in [5, 5.41) is 4.42. The third-order valence-electron chi connectivity index (χ3n) is 4.02. The number of hydrogen-bond acceptors (Lipinski definition) is 3. The third-order valence-corrected chi connectivity index (χ3v) is 4.02. The van der Waals surface area contributed by atoms with Gasteiger partial charge in [0.2, 0.25) is 0 Å². The fourth-order valence-electron chi connectivity index (χ4n) is 2.57. The second-order valence-corrected chi connectivity index (χ2v) is 6.14. The summed E-state index contributed by atoms with van der Waals surface area (Å²) in [7, 11) is 0. The Hall–Kier alpha value is -1.94. The zero-order chi connectivity index (χ0) is 16.4. The van der Waals surface area contributed by atoms with E-state index in [1.54, 1.807) is 0 Å². The van der Waals surface area contributed by atoms with Crippen LogP contribution in [0.25, 0.3) is 0 Å². The van der Waals surface area contributed by atoms with Crippen LogP contribution in [0, 0.1) is 13.8 Å². The molecule has 4 heteroatoms. The van der Waals surface area contributed by atoms with E-state index >= 15 is 0 Å². The average molecular weight is 299 g/mol. The van der Waals surface area contributed by atoms with Gasteiger partial charge in [-0.25, -0.2) is 4.68 Å². The average Bonchev–Trinajstić information content (AvgIpc) is 2.49. The predicted molar refractivity (Wildman–Crippen MR) is 90.2 cm³/mol. The van der Waals surface area contributed by atoms with Gasteiger partial charge in [-0.2, -0.15) is 5.10 Å². The molecule has 2 N–H and O–H groups in total. The highest BCUT2D eigenvalue weighted by atomic mass is 16.1. The maximum atomic E-state index is 12.6. The molecule has 1 aromatic carbocycles. The monoisotopic (exact) mass is 299 g/mol. The molecule has 4 nitrogen and oxygen atoms in total. The number of nitrogens with two attached hydrogens (primary N) is 1. The third kappa shape index (κ3) is 3.12. The summed E-state index contributed by atoms with van der Waals surface area (Å²) < 4.78 is 1.51.